The molecule has 1 fully saturated rings. The molecule has 0 spiro atoms. The third kappa shape index (κ3) is 3.04. The van der Waals surface area contributed by atoms with E-state index in [4.69, 9.17) is 0 Å². The van der Waals surface area contributed by atoms with Crippen LogP contribution in [0.2, 0.25) is 0 Å². The summed E-state index contributed by atoms with van der Waals surface area (Å²) in [4.78, 5) is 11.8. The zero-order chi connectivity index (χ0) is 11.4. The Morgan fingerprint density at radius 2 is 1.88 bits per heavy atom. The van der Waals surface area contributed by atoms with E-state index in [0.717, 1.165) is 30.7 Å². The largest absolute Gasteiger partial charge is 0.314 e. The number of hydrogen-bond acceptors (Lipinski definition) is 3. The molecule has 2 N–H and O–H groups in total. The van der Waals surface area contributed by atoms with Crippen molar-refractivity contribution in [2.75, 3.05) is 26.2 Å². The Hall–Kier alpha value is -0.910. The van der Waals surface area contributed by atoms with E-state index in [1.165, 1.54) is 0 Å². The summed E-state index contributed by atoms with van der Waals surface area (Å²) in [5.41, 5.74) is 3.58. The van der Waals surface area contributed by atoms with Crippen LogP contribution in [0, 0.1) is 0 Å². The van der Waals surface area contributed by atoms with Gasteiger partial charge in [0, 0.05) is 36.2 Å². The molecule has 16 heavy (non-hydrogen) atoms. The van der Waals surface area contributed by atoms with Crippen LogP contribution in [0.15, 0.2) is 28.7 Å². The Labute approximate surface area is 103 Å². The van der Waals surface area contributed by atoms with Gasteiger partial charge in [-0.2, -0.15) is 0 Å². The van der Waals surface area contributed by atoms with E-state index in [9.17, 15) is 4.79 Å². The summed E-state index contributed by atoms with van der Waals surface area (Å²) >= 11 is 3.34. The summed E-state index contributed by atoms with van der Waals surface area (Å²) in [7, 11) is 0. The van der Waals surface area contributed by atoms with Gasteiger partial charge in [0.05, 0.1) is 0 Å². The van der Waals surface area contributed by atoms with Crippen molar-refractivity contribution >= 4 is 21.8 Å². The number of piperazine rings is 1. The molecule has 1 amide bonds. The second-order valence-electron chi connectivity index (χ2n) is 3.68. The second kappa shape index (κ2) is 5.43. The molecule has 86 valence electrons. The molecule has 0 atom stereocenters. The summed E-state index contributed by atoms with van der Waals surface area (Å²) < 4.78 is 0.978. The van der Waals surface area contributed by atoms with Gasteiger partial charge < -0.3 is 5.32 Å². The molecule has 0 unspecified atom stereocenters. The summed E-state index contributed by atoms with van der Waals surface area (Å²) in [6.45, 7) is 3.53. The van der Waals surface area contributed by atoms with Crippen LogP contribution in [-0.2, 0) is 0 Å². The Kier molecular flexibility index (Phi) is 3.93. The molecular weight excluding hydrogens is 270 g/mol. The lowest BCUT2D eigenvalue weighted by atomic mass is 10.2. The molecule has 1 aliphatic rings. The van der Waals surface area contributed by atoms with Crippen molar-refractivity contribution in [2.45, 2.75) is 0 Å². The molecule has 0 saturated carbocycles. The molecule has 1 aromatic rings. The maximum absolute atomic E-state index is 11.8. The summed E-state index contributed by atoms with van der Waals surface area (Å²) in [6, 6.07) is 7.35. The smallest absolute Gasteiger partial charge is 0.265 e. The first kappa shape index (κ1) is 11.6. The Morgan fingerprint density at radius 3 is 2.50 bits per heavy atom. The van der Waals surface area contributed by atoms with Gasteiger partial charge in [-0.05, 0) is 24.3 Å². The molecule has 5 heteroatoms. The lowest BCUT2D eigenvalue weighted by molar-refractivity contribution is 0.0765. The highest BCUT2D eigenvalue weighted by Crippen LogP contribution is 2.10. The van der Waals surface area contributed by atoms with Gasteiger partial charge in [-0.15, -0.1) is 0 Å². The lowest BCUT2D eigenvalue weighted by Crippen LogP contribution is -2.52. The van der Waals surface area contributed by atoms with Crippen LogP contribution in [-0.4, -0.2) is 37.1 Å². The number of benzene rings is 1. The number of carbonyl (C=O) groups excluding carboxylic acids is 1. The van der Waals surface area contributed by atoms with Crippen LogP contribution in [0.25, 0.3) is 0 Å². The van der Waals surface area contributed by atoms with E-state index in [1.54, 1.807) is 0 Å². The van der Waals surface area contributed by atoms with Crippen molar-refractivity contribution in [3.8, 4) is 0 Å². The number of nitrogens with one attached hydrogen (secondary N) is 2. The summed E-state index contributed by atoms with van der Waals surface area (Å²) in [6.07, 6.45) is 0. The highest BCUT2D eigenvalue weighted by atomic mass is 79.9. The van der Waals surface area contributed by atoms with Gasteiger partial charge >= 0.3 is 0 Å². The van der Waals surface area contributed by atoms with Gasteiger partial charge in [0.15, 0.2) is 0 Å². The third-order valence-corrected chi connectivity index (χ3v) is 3.01. The van der Waals surface area contributed by atoms with Crippen LogP contribution in [0.4, 0.5) is 0 Å². The molecule has 0 radical (unpaired) electrons. The SMILES string of the molecule is O=C(NN1CCNCC1)c1ccc(Br)cc1. The average Bonchev–Trinajstić information content (AvgIpc) is 2.31. The number of amides is 1. The number of carbonyl (C=O) groups is 1. The van der Waals surface area contributed by atoms with Crippen LogP contribution in [0.3, 0.4) is 0 Å². The molecule has 0 aliphatic carbocycles. The Balaban J connectivity index is 1.94. The van der Waals surface area contributed by atoms with E-state index in [-0.39, 0.29) is 5.91 Å². The molecule has 1 saturated heterocycles. The minimum absolute atomic E-state index is 0.0469. The van der Waals surface area contributed by atoms with Gasteiger partial charge in [0.1, 0.15) is 0 Å². The zero-order valence-electron chi connectivity index (χ0n) is 8.87. The monoisotopic (exact) mass is 283 g/mol. The van der Waals surface area contributed by atoms with Crippen LogP contribution >= 0.6 is 15.9 Å². The van der Waals surface area contributed by atoms with Gasteiger partial charge in [-0.25, -0.2) is 5.01 Å². The molecule has 0 bridgehead atoms. The average molecular weight is 284 g/mol. The standard InChI is InChI=1S/C11H14BrN3O/c12-10-3-1-9(2-4-10)11(16)14-15-7-5-13-6-8-15/h1-4,13H,5-8H2,(H,14,16). The first-order valence-corrected chi connectivity index (χ1v) is 6.07. The predicted octanol–water partition coefficient (Wildman–Crippen LogP) is 0.999. The second-order valence-corrected chi connectivity index (χ2v) is 4.60. The number of hydrazine groups is 1. The highest BCUT2D eigenvalue weighted by Gasteiger charge is 2.13. The van der Waals surface area contributed by atoms with Gasteiger partial charge in [-0.3, -0.25) is 10.2 Å². The molecule has 0 aromatic heterocycles. The van der Waals surface area contributed by atoms with Gasteiger partial charge in [0.25, 0.3) is 5.91 Å². The van der Waals surface area contributed by atoms with Crippen molar-refractivity contribution < 1.29 is 4.79 Å². The Morgan fingerprint density at radius 1 is 1.25 bits per heavy atom. The number of halogens is 1. The van der Waals surface area contributed by atoms with Crippen molar-refractivity contribution in [1.29, 1.82) is 0 Å². The highest BCUT2D eigenvalue weighted by molar-refractivity contribution is 9.10. The van der Waals surface area contributed by atoms with Crippen LogP contribution < -0.4 is 10.7 Å². The molecular formula is C11H14BrN3O. The third-order valence-electron chi connectivity index (χ3n) is 2.48. The number of rotatable bonds is 2. The normalized spacial score (nSPS) is 17.1. The lowest BCUT2D eigenvalue weighted by Gasteiger charge is -2.27. The Bertz CT molecular complexity index is 360. The summed E-state index contributed by atoms with van der Waals surface area (Å²) in [5, 5.41) is 5.18. The summed E-state index contributed by atoms with van der Waals surface area (Å²) in [5.74, 6) is -0.0469. The van der Waals surface area contributed by atoms with Crippen molar-refractivity contribution in [3.05, 3.63) is 34.3 Å². The molecule has 1 aromatic carbocycles. The van der Waals surface area contributed by atoms with E-state index >= 15 is 0 Å². The van der Waals surface area contributed by atoms with Crippen LogP contribution in [0.1, 0.15) is 10.4 Å². The van der Waals surface area contributed by atoms with E-state index < -0.39 is 0 Å². The first-order valence-electron chi connectivity index (χ1n) is 5.28. The van der Waals surface area contributed by atoms with Crippen molar-refractivity contribution in [2.24, 2.45) is 0 Å². The van der Waals surface area contributed by atoms with Gasteiger partial charge in [0.2, 0.25) is 0 Å². The van der Waals surface area contributed by atoms with E-state index in [0.29, 0.717) is 5.56 Å². The molecule has 2 rings (SSSR count). The quantitative estimate of drug-likeness (QED) is 0.851. The van der Waals surface area contributed by atoms with E-state index in [2.05, 4.69) is 26.7 Å². The molecule has 1 aliphatic heterocycles. The van der Waals surface area contributed by atoms with Crippen molar-refractivity contribution in [1.82, 2.24) is 15.8 Å². The fourth-order valence-electron chi connectivity index (χ4n) is 1.59. The minimum Gasteiger partial charge on any atom is -0.314 e. The fraction of sp³-hybridized carbons (Fsp3) is 0.364. The molecule has 4 nitrogen and oxygen atoms in total. The van der Waals surface area contributed by atoms with E-state index in [1.807, 2.05) is 29.3 Å². The molecule has 1 heterocycles. The number of nitrogens with zero attached hydrogens (tertiary/aromatic N) is 1. The predicted molar refractivity (Wildman–Crippen MR) is 66.1 cm³/mol. The zero-order valence-corrected chi connectivity index (χ0v) is 10.5. The van der Waals surface area contributed by atoms with Gasteiger partial charge in [-0.1, -0.05) is 15.9 Å². The fourth-order valence-corrected chi connectivity index (χ4v) is 1.85. The maximum Gasteiger partial charge on any atom is 0.265 e. The topological polar surface area (TPSA) is 44.4 Å². The number of hydrogen-bond donors (Lipinski definition) is 2. The maximum atomic E-state index is 11.8. The first-order chi connectivity index (χ1) is 7.75. The van der Waals surface area contributed by atoms with Crippen LogP contribution in [0.5, 0.6) is 0 Å². The minimum atomic E-state index is -0.0469. The van der Waals surface area contributed by atoms with Crippen molar-refractivity contribution in [3.63, 3.8) is 0 Å².